The lowest BCUT2D eigenvalue weighted by atomic mass is 9.96. The predicted octanol–water partition coefficient (Wildman–Crippen LogP) is 3.86. The van der Waals surface area contributed by atoms with Gasteiger partial charge in [-0.2, -0.15) is 0 Å². The van der Waals surface area contributed by atoms with Gasteiger partial charge in [-0.3, -0.25) is 0 Å². The molecule has 1 aromatic rings. The maximum atomic E-state index is 6.45. The molecule has 1 atom stereocenters. The molecular formula is C17H27N. The van der Waals surface area contributed by atoms with Crippen molar-refractivity contribution in [1.82, 2.24) is 0 Å². The Morgan fingerprint density at radius 1 is 1.06 bits per heavy atom. The molecule has 0 saturated heterocycles. The minimum absolute atomic E-state index is 0.275. The van der Waals surface area contributed by atoms with Crippen LogP contribution in [-0.4, -0.2) is 6.04 Å². The average molecular weight is 245 g/mol. The third kappa shape index (κ3) is 1.99. The second-order valence-corrected chi connectivity index (χ2v) is 7.21. The number of benzene rings is 1. The fourth-order valence-electron chi connectivity index (χ4n) is 3.64. The lowest BCUT2D eigenvalue weighted by Gasteiger charge is -2.15. The maximum absolute atomic E-state index is 6.45. The summed E-state index contributed by atoms with van der Waals surface area (Å²) >= 11 is 0. The Kier molecular flexibility index (Phi) is 3.09. The molecule has 1 heteroatoms. The quantitative estimate of drug-likeness (QED) is 0.860. The van der Waals surface area contributed by atoms with Crippen LogP contribution in [0, 0.1) is 30.6 Å². The van der Waals surface area contributed by atoms with Crippen LogP contribution < -0.4 is 5.73 Å². The second-order valence-electron chi connectivity index (χ2n) is 7.21. The van der Waals surface area contributed by atoms with Gasteiger partial charge in [0, 0.05) is 6.04 Å². The minimum atomic E-state index is 0.275. The molecule has 1 fully saturated rings. The summed E-state index contributed by atoms with van der Waals surface area (Å²) in [7, 11) is 0. The molecule has 18 heavy (non-hydrogen) atoms. The summed E-state index contributed by atoms with van der Waals surface area (Å²) in [6.45, 7) is 13.7. The van der Waals surface area contributed by atoms with E-state index in [0.717, 1.165) is 6.42 Å². The molecule has 1 aliphatic carbocycles. The number of hydrogen-bond donors (Lipinski definition) is 1. The van der Waals surface area contributed by atoms with Crippen LogP contribution in [0.2, 0.25) is 0 Å². The van der Waals surface area contributed by atoms with Gasteiger partial charge < -0.3 is 5.73 Å². The molecule has 2 N–H and O–H groups in total. The Hall–Kier alpha value is -0.820. The van der Waals surface area contributed by atoms with E-state index in [1.54, 1.807) is 0 Å². The van der Waals surface area contributed by atoms with Crippen molar-refractivity contribution in [2.75, 3.05) is 0 Å². The molecule has 2 rings (SSSR count). The maximum Gasteiger partial charge on any atom is 0.0118 e. The predicted molar refractivity (Wildman–Crippen MR) is 78.6 cm³/mol. The van der Waals surface area contributed by atoms with Gasteiger partial charge >= 0.3 is 0 Å². The van der Waals surface area contributed by atoms with Crippen LogP contribution in [0.4, 0.5) is 0 Å². The van der Waals surface area contributed by atoms with E-state index >= 15 is 0 Å². The molecule has 1 aliphatic rings. The van der Waals surface area contributed by atoms with Gasteiger partial charge in [-0.1, -0.05) is 45.9 Å². The molecule has 0 aromatic heterocycles. The molecule has 0 spiro atoms. The summed E-state index contributed by atoms with van der Waals surface area (Å²) in [5.74, 6) is 0.631. The average Bonchev–Trinajstić information content (AvgIpc) is 2.63. The van der Waals surface area contributed by atoms with Gasteiger partial charge in [-0.05, 0) is 53.7 Å². The first-order valence-electron chi connectivity index (χ1n) is 6.99. The number of rotatable bonds is 3. The fraction of sp³-hybridized carbons (Fsp3) is 0.647. The molecule has 0 bridgehead atoms. The van der Waals surface area contributed by atoms with Crippen molar-refractivity contribution in [2.45, 2.75) is 54.0 Å². The molecule has 1 saturated carbocycles. The topological polar surface area (TPSA) is 26.0 Å². The zero-order valence-electron chi connectivity index (χ0n) is 12.7. The monoisotopic (exact) mass is 245 g/mol. The Balaban J connectivity index is 2.09. The summed E-state index contributed by atoms with van der Waals surface area (Å²) in [4.78, 5) is 0. The molecule has 100 valence electrons. The van der Waals surface area contributed by atoms with E-state index in [1.165, 1.54) is 16.7 Å². The van der Waals surface area contributed by atoms with E-state index < -0.39 is 0 Å². The third-order valence-corrected chi connectivity index (χ3v) is 5.60. The van der Waals surface area contributed by atoms with Gasteiger partial charge in [0.25, 0.3) is 0 Å². The van der Waals surface area contributed by atoms with Crippen molar-refractivity contribution >= 4 is 0 Å². The van der Waals surface area contributed by atoms with E-state index in [1.807, 2.05) is 0 Å². The molecule has 0 aliphatic heterocycles. The second kappa shape index (κ2) is 4.09. The summed E-state index contributed by atoms with van der Waals surface area (Å²) in [6.07, 6.45) is 0.999. The molecule has 0 amide bonds. The van der Waals surface area contributed by atoms with Crippen LogP contribution in [-0.2, 0) is 6.42 Å². The van der Waals surface area contributed by atoms with E-state index in [4.69, 9.17) is 5.73 Å². The van der Waals surface area contributed by atoms with Crippen LogP contribution in [0.25, 0.3) is 0 Å². The van der Waals surface area contributed by atoms with Crippen LogP contribution in [0.1, 0.15) is 44.4 Å². The zero-order chi connectivity index (χ0) is 13.7. The summed E-state index contributed by atoms with van der Waals surface area (Å²) in [5.41, 5.74) is 11.3. The van der Waals surface area contributed by atoms with E-state index in [0.29, 0.717) is 16.7 Å². The van der Waals surface area contributed by atoms with Crippen molar-refractivity contribution < 1.29 is 0 Å². The standard InChI is InChI=1S/C17H27N/c1-11-7-8-13(9-12(11)2)10-14(18)15-16(3,4)17(15,5)6/h7-9,14-15H,10,18H2,1-6H3. The highest BCUT2D eigenvalue weighted by atomic mass is 14.8. The first-order chi connectivity index (χ1) is 8.18. The van der Waals surface area contributed by atoms with Crippen molar-refractivity contribution in [3.8, 4) is 0 Å². The van der Waals surface area contributed by atoms with Crippen molar-refractivity contribution in [3.63, 3.8) is 0 Å². The first-order valence-corrected chi connectivity index (χ1v) is 6.99. The van der Waals surface area contributed by atoms with Crippen LogP contribution >= 0.6 is 0 Å². The highest BCUT2D eigenvalue weighted by Gasteiger charge is 2.66. The van der Waals surface area contributed by atoms with Crippen LogP contribution in [0.15, 0.2) is 18.2 Å². The lowest BCUT2D eigenvalue weighted by Crippen LogP contribution is -2.28. The van der Waals surface area contributed by atoms with Crippen molar-refractivity contribution in [1.29, 1.82) is 0 Å². The van der Waals surface area contributed by atoms with Gasteiger partial charge in [-0.25, -0.2) is 0 Å². The lowest BCUT2D eigenvalue weighted by molar-refractivity contribution is 0.457. The van der Waals surface area contributed by atoms with Crippen molar-refractivity contribution in [3.05, 3.63) is 34.9 Å². The summed E-state index contributed by atoms with van der Waals surface area (Å²) < 4.78 is 0. The molecule has 0 radical (unpaired) electrons. The van der Waals surface area contributed by atoms with Crippen LogP contribution in [0.5, 0.6) is 0 Å². The molecule has 1 aromatic carbocycles. The summed E-state index contributed by atoms with van der Waals surface area (Å²) in [6, 6.07) is 7.00. The zero-order valence-corrected chi connectivity index (χ0v) is 12.7. The van der Waals surface area contributed by atoms with Gasteiger partial charge in [0.15, 0.2) is 0 Å². The molecule has 1 unspecified atom stereocenters. The Labute approximate surface area is 112 Å². The Bertz CT molecular complexity index is 443. The first kappa shape index (κ1) is 13.6. The van der Waals surface area contributed by atoms with Gasteiger partial charge in [0.1, 0.15) is 0 Å². The molecule has 0 heterocycles. The van der Waals surface area contributed by atoms with Gasteiger partial charge in [0.05, 0.1) is 0 Å². The van der Waals surface area contributed by atoms with E-state index in [9.17, 15) is 0 Å². The van der Waals surface area contributed by atoms with E-state index in [-0.39, 0.29) is 6.04 Å². The summed E-state index contributed by atoms with van der Waals surface area (Å²) in [5, 5.41) is 0. The minimum Gasteiger partial charge on any atom is -0.327 e. The van der Waals surface area contributed by atoms with E-state index in [2.05, 4.69) is 59.7 Å². The number of nitrogens with two attached hydrogens (primary N) is 1. The Morgan fingerprint density at radius 2 is 1.61 bits per heavy atom. The van der Waals surface area contributed by atoms with Crippen molar-refractivity contribution in [2.24, 2.45) is 22.5 Å². The largest absolute Gasteiger partial charge is 0.327 e. The molecule has 1 nitrogen and oxygen atoms in total. The smallest absolute Gasteiger partial charge is 0.0118 e. The normalized spacial score (nSPS) is 22.8. The van der Waals surface area contributed by atoms with Gasteiger partial charge in [0.2, 0.25) is 0 Å². The number of aryl methyl sites for hydroxylation is 2. The van der Waals surface area contributed by atoms with Gasteiger partial charge in [-0.15, -0.1) is 0 Å². The fourth-order valence-corrected chi connectivity index (χ4v) is 3.64. The van der Waals surface area contributed by atoms with Crippen LogP contribution in [0.3, 0.4) is 0 Å². The highest BCUT2D eigenvalue weighted by molar-refractivity contribution is 5.31. The number of hydrogen-bond acceptors (Lipinski definition) is 1. The SMILES string of the molecule is Cc1ccc(CC(N)C2C(C)(C)C2(C)C)cc1C. The molecular weight excluding hydrogens is 218 g/mol. The Morgan fingerprint density at radius 3 is 2.06 bits per heavy atom. The highest BCUT2D eigenvalue weighted by Crippen LogP contribution is 2.69. The third-order valence-electron chi connectivity index (χ3n) is 5.60.